The zero-order chi connectivity index (χ0) is 17.9. The van der Waals surface area contributed by atoms with Crippen LogP contribution in [-0.2, 0) is 9.53 Å². The predicted molar refractivity (Wildman–Crippen MR) is 100 cm³/mol. The van der Waals surface area contributed by atoms with Crippen molar-refractivity contribution >= 4 is 5.78 Å². The Morgan fingerprint density at radius 1 is 1.23 bits per heavy atom. The van der Waals surface area contributed by atoms with Crippen LogP contribution in [0.2, 0.25) is 0 Å². The minimum atomic E-state index is -0.0231. The van der Waals surface area contributed by atoms with Crippen molar-refractivity contribution in [2.45, 2.75) is 63.9 Å². The predicted octanol–water partition coefficient (Wildman–Crippen LogP) is 4.06. The van der Waals surface area contributed by atoms with Gasteiger partial charge in [0.1, 0.15) is 0 Å². The Kier molecular flexibility index (Phi) is 3.99. The van der Waals surface area contributed by atoms with Crippen LogP contribution in [-0.4, -0.2) is 29.7 Å². The summed E-state index contributed by atoms with van der Waals surface area (Å²) in [4.78, 5) is 12.0. The Morgan fingerprint density at radius 3 is 2.85 bits per heavy atom. The summed E-state index contributed by atoms with van der Waals surface area (Å²) in [6.07, 6.45) is 15.5. The fourth-order valence-electron chi connectivity index (χ4n) is 8.05. The van der Waals surface area contributed by atoms with Crippen LogP contribution in [0.25, 0.3) is 0 Å². The van der Waals surface area contributed by atoms with Gasteiger partial charge in [0.05, 0.1) is 12.2 Å². The number of aliphatic hydroxyl groups excluding tert-OH is 1. The molecule has 0 aromatic heterocycles. The molecule has 1 N–H and O–H groups in total. The van der Waals surface area contributed by atoms with Gasteiger partial charge in [0.15, 0.2) is 5.78 Å². The Hall–Kier alpha value is -0.930. The number of hydrogen-bond acceptors (Lipinski definition) is 3. The fraction of sp³-hybridized carbons (Fsp3) is 0.783. The molecular formula is C23H32O3. The van der Waals surface area contributed by atoms with E-state index in [1.165, 1.54) is 37.7 Å². The van der Waals surface area contributed by atoms with E-state index in [9.17, 15) is 9.90 Å². The summed E-state index contributed by atoms with van der Waals surface area (Å²) in [5.74, 6) is 3.12. The Morgan fingerprint density at radius 2 is 2.12 bits per heavy atom. The molecule has 1 aliphatic heterocycles. The normalized spacial score (nSPS) is 49.7. The summed E-state index contributed by atoms with van der Waals surface area (Å²) in [6.45, 7) is 3.35. The average molecular weight is 357 g/mol. The molecule has 5 rings (SSSR count). The molecule has 0 saturated heterocycles. The highest BCUT2D eigenvalue weighted by molar-refractivity contribution is 5.91. The molecule has 3 fully saturated rings. The van der Waals surface area contributed by atoms with Crippen LogP contribution < -0.4 is 0 Å². The summed E-state index contributed by atoms with van der Waals surface area (Å²) in [7, 11) is 0. The second kappa shape index (κ2) is 6.04. The van der Waals surface area contributed by atoms with Gasteiger partial charge in [-0.25, -0.2) is 0 Å². The van der Waals surface area contributed by atoms with Crippen LogP contribution in [0.3, 0.4) is 0 Å². The summed E-state index contributed by atoms with van der Waals surface area (Å²) in [5, 5.41) is 10.1. The zero-order valence-electron chi connectivity index (χ0n) is 16.0. The third-order valence-electron chi connectivity index (χ3n) is 9.05. The number of carbonyl (C=O) groups excluding carboxylic acids is 1. The van der Waals surface area contributed by atoms with Crippen LogP contribution >= 0.6 is 0 Å². The van der Waals surface area contributed by atoms with Crippen LogP contribution in [0.15, 0.2) is 23.8 Å². The van der Waals surface area contributed by atoms with Crippen LogP contribution in [0, 0.1) is 35.0 Å². The maximum atomic E-state index is 12.0. The highest BCUT2D eigenvalue weighted by Gasteiger charge is 2.65. The molecule has 7 atom stereocenters. The maximum absolute atomic E-state index is 12.0. The molecule has 3 nitrogen and oxygen atoms in total. The second-order valence-electron chi connectivity index (χ2n) is 9.50. The van der Waals surface area contributed by atoms with Crippen molar-refractivity contribution in [2.24, 2.45) is 35.0 Å². The molecule has 26 heavy (non-hydrogen) atoms. The molecule has 0 aromatic rings. The van der Waals surface area contributed by atoms with Gasteiger partial charge in [0.25, 0.3) is 0 Å². The van der Waals surface area contributed by atoms with Gasteiger partial charge < -0.3 is 9.84 Å². The van der Waals surface area contributed by atoms with Gasteiger partial charge in [-0.15, -0.1) is 0 Å². The van der Waals surface area contributed by atoms with Gasteiger partial charge in [-0.05, 0) is 74.7 Å². The van der Waals surface area contributed by atoms with Gasteiger partial charge in [-0.1, -0.05) is 24.6 Å². The standard InChI is InChI=1S/C23H32O3/c1-2-22-9-6-18-17-5-4-16(25)13-19(17)15(14-24)12-20(18)21(22)7-10-23(22)8-3-11-26-23/h3,8,13,15,17-18,20-21,24H,2,4-7,9-12,14H2,1H3/t15-,17+,18?,20?,21?,22-,23-/m0/s1. The lowest BCUT2D eigenvalue weighted by Gasteiger charge is -2.58. The van der Waals surface area contributed by atoms with Gasteiger partial charge in [0.2, 0.25) is 0 Å². The minimum absolute atomic E-state index is 0.0231. The van der Waals surface area contributed by atoms with Crippen molar-refractivity contribution in [3.05, 3.63) is 23.8 Å². The topological polar surface area (TPSA) is 46.5 Å². The van der Waals surface area contributed by atoms with Crippen molar-refractivity contribution < 1.29 is 14.6 Å². The maximum Gasteiger partial charge on any atom is 0.155 e. The summed E-state index contributed by atoms with van der Waals surface area (Å²) in [6, 6.07) is 0. The van der Waals surface area contributed by atoms with Gasteiger partial charge in [-0.2, -0.15) is 0 Å². The average Bonchev–Trinajstić information content (AvgIpc) is 3.27. The van der Waals surface area contributed by atoms with Crippen LogP contribution in [0.4, 0.5) is 0 Å². The Bertz CT molecular complexity index is 664. The Balaban J connectivity index is 1.52. The van der Waals surface area contributed by atoms with E-state index in [1.54, 1.807) is 0 Å². The minimum Gasteiger partial charge on any atom is -0.396 e. The van der Waals surface area contributed by atoms with E-state index in [4.69, 9.17) is 4.74 Å². The smallest absolute Gasteiger partial charge is 0.155 e. The molecule has 3 heteroatoms. The lowest BCUT2D eigenvalue weighted by Crippen LogP contribution is -2.54. The number of rotatable bonds is 2. The van der Waals surface area contributed by atoms with Crippen LogP contribution in [0.1, 0.15) is 58.3 Å². The first kappa shape index (κ1) is 17.2. The monoisotopic (exact) mass is 356 g/mol. The third kappa shape index (κ3) is 2.10. The molecular weight excluding hydrogens is 324 g/mol. The van der Waals surface area contributed by atoms with Crippen molar-refractivity contribution in [3.8, 4) is 0 Å². The molecule has 0 amide bonds. The molecule has 3 saturated carbocycles. The number of fused-ring (bicyclic) bond motifs is 6. The van der Waals surface area contributed by atoms with Crippen molar-refractivity contribution in [3.63, 3.8) is 0 Å². The Labute approximate surface area is 156 Å². The number of ketones is 1. The molecule has 0 bridgehead atoms. The van der Waals surface area contributed by atoms with E-state index in [1.807, 2.05) is 6.08 Å². The number of carbonyl (C=O) groups is 1. The fourth-order valence-corrected chi connectivity index (χ4v) is 8.05. The van der Waals surface area contributed by atoms with Gasteiger partial charge in [0, 0.05) is 24.4 Å². The van der Waals surface area contributed by atoms with Crippen molar-refractivity contribution in [1.29, 1.82) is 0 Å². The molecule has 3 unspecified atom stereocenters. The first-order valence-electron chi connectivity index (χ1n) is 10.8. The molecule has 1 spiro atoms. The molecule has 5 aliphatic rings. The lowest BCUT2D eigenvalue weighted by molar-refractivity contribution is -0.128. The van der Waals surface area contributed by atoms with E-state index >= 15 is 0 Å². The van der Waals surface area contributed by atoms with Crippen LogP contribution in [0.5, 0.6) is 0 Å². The van der Waals surface area contributed by atoms with Gasteiger partial charge >= 0.3 is 0 Å². The largest absolute Gasteiger partial charge is 0.396 e. The first-order chi connectivity index (χ1) is 12.6. The molecule has 4 aliphatic carbocycles. The number of hydrogen-bond donors (Lipinski definition) is 1. The second-order valence-corrected chi connectivity index (χ2v) is 9.50. The molecule has 1 heterocycles. The molecule has 0 radical (unpaired) electrons. The molecule has 0 aromatic carbocycles. The van der Waals surface area contributed by atoms with E-state index in [-0.39, 0.29) is 29.3 Å². The highest BCUT2D eigenvalue weighted by Crippen LogP contribution is 2.68. The highest BCUT2D eigenvalue weighted by atomic mass is 16.5. The number of ether oxygens (including phenoxy) is 1. The third-order valence-corrected chi connectivity index (χ3v) is 9.05. The van der Waals surface area contributed by atoms with Crippen molar-refractivity contribution in [1.82, 2.24) is 0 Å². The first-order valence-corrected chi connectivity index (χ1v) is 10.8. The molecule has 142 valence electrons. The van der Waals surface area contributed by atoms with Gasteiger partial charge in [-0.3, -0.25) is 4.79 Å². The summed E-state index contributed by atoms with van der Waals surface area (Å²) < 4.78 is 6.40. The summed E-state index contributed by atoms with van der Waals surface area (Å²) >= 11 is 0. The quantitative estimate of drug-likeness (QED) is 0.759. The van der Waals surface area contributed by atoms with Crippen molar-refractivity contribution in [2.75, 3.05) is 13.2 Å². The number of aliphatic hydroxyl groups is 1. The van der Waals surface area contributed by atoms with E-state index < -0.39 is 0 Å². The lowest BCUT2D eigenvalue weighted by atomic mass is 9.48. The SMILES string of the molecule is CC[C@]12CCC3C(C[C@@H](CO)C4=CC(=O)CC[C@@H]43)C1CC[C@@]21C=CCO1. The van der Waals surface area contributed by atoms with E-state index in [0.717, 1.165) is 19.4 Å². The van der Waals surface area contributed by atoms with E-state index in [2.05, 4.69) is 19.1 Å². The van der Waals surface area contributed by atoms with E-state index in [0.29, 0.717) is 30.1 Å². The zero-order valence-corrected chi connectivity index (χ0v) is 16.0. The summed E-state index contributed by atoms with van der Waals surface area (Å²) in [5.41, 5.74) is 1.55.